The molecule has 5 nitrogen and oxygen atoms in total. The average molecular weight is 448 g/mol. The number of likely N-dealkylation sites (N-methyl/N-ethyl adjacent to an activating group) is 1. The van der Waals surface area contributed by atoms with Gasteiger partial charge < -0.3 is 14.1 Å². The Kier molecular flexibility index (Phi) is 6.50. The molecular formula is C28H33NO4. The topological polar surface area (TPSA) is 59.8 Å². The minimum atomic E-state index is -0.259. The first kappa shape index (κ1) is 22.1. The van der Waals surface area contributed by atoms with Crippen molar-refractivity contribution in [3.8, 4) is 5.75 Å². The fourth-order valence-electron chi connectivity index (χ4n) is 5.64. The van der Waals surface area contributed by atoms with Gasteiger partial charge in [-0.2, -0.15) is 0 Å². The van der Waals surface area contributed by atoms with Crippen LogP contribution in [0.15, 0.2) is 41.0 Å². The third-order valence-electron chi connectivity index (χ3n) is 7.44. The number of rotatable bonds is 7. The van der Waals surface area contributed by atoms with Crippen LogP contribution in [0.5, 0.6) is 5.75 Å². The maximum atomic E-state index is 12.5. The fraction of sp³-hybridized carbons (Fsp3) is 0.500. The van der Waals surface area contributed by atoms with E-state index in [1.165, 1.54) is 32.1 Å². The number of carbonyl (C=O) groups excluding carboxylic acids is 2. The molecule has 3 aromatic rings. The number of hydrogen-bond donors (Lipinski definition) is 0. The summed E-state index contributed by atoms with van der Waals surface area (Å²) in [6.07, 6.45) is 9.65. The molecule has 5 heteroatoms. The van der Waals surface area contributed by atoms with Gasteiger partial charge in [0.15, 0.2) is 0 Å². The Morgan fingerprint density at radius 2 is 1.91 bits per heavy atom. The van der Waals surface area contributed by atoms with Crippen molar-refractivity contribution in [3.63, 3.8) is 0 Å². The molecule has 0 radical (unpaired) electrons. The quantitative estimate of drug-likeness (QED) is 0.423. The summed E-state index contributed by atoms with van der Waals surface area (Å²) in [6.45, 7) is 2.74. The molecule has 0 saturated heterocycles. The van der Waals surface area contributed by atoms with Crippen LogP contribution in [0.1, 0.15) is 62.8 Å². The van der Waals surface area contributed by atoms with Gasteiger partial charge in [-0.05, 0) is 67.3 Å². The Hall–Kier alpha value is -2.66. The fourth-order valence-corrected chi connectivity index (χ4v) is 5.64. The lowest BCUT2D eigenvalue weighted by Gasteiger charge is -2.26. The van der Waals surface area contributed by atoms with Gasteiger partial charge >= 0.3 is 0 Å². The lowest BCUT2D eigenvalue weighted by molar-refractivity contribution is -0.130. The molecule has 2 aromatic carbocycles. The number of carbonyl (C=O) groups is 2. The van der Waals surface area contributed by atoms with Crippen LogP contribution in [0.25, 0.3) is 21.7 Å². The minimum Gasteiger partial charge on any atom is -0.492 e. The lowest BCUT2D eigenvalue weighted by atomic mass is 9.81. The van der Waals surface area contributed by atoms with Gasteiger partial charge in [0.1, 0.15) is 29.5 Å². The second-order valence-corrected chi connectivity index (χ2v) is 9.90. The van der Waals surface area contributed by atoms with E-state index in [0.29, 0.717) is 19.4 Å². The molecule has 0 amide bonds. The number of fused-ring (bicyclic) bond motifs is 3. The number of ketones is 2. The molecule has 0 aliphatic heterocycles. The highest BCUT2D eigenvalue weighted by molar-refractivity contribution is 6.11. The summed E-state index contributed by atoms with van der Waals surface area (Å²) >= 11 is 0. The van der Waals surface area contributed by atoms with Crippen molar-refractivity contribution < 1.29 is 18.7 Å². The summed E-state index contributed by atoms with van der Waals surface area (Å²) in [6, 6.07) is 10.1. The van der Waals surface area contributed by atoms with E-state index >= 15 is 0 Å². The Morgan fingerprint density at radius 3 is 2.73 bits per heavy atom. The molecule has 33 heavy (non-hydrogen) atoms. The molecule has 0 bridgehead atoms. The first-order chi connectivity index (χ1) is 16.1. The molecule has 2 fully saturated rings. The predicted octanol–water partition coefficient (Wildman–Crippen LogP) is 5.88. The van der Waals surface area contributed by atoms with E-state index in [0.717, 1.165) is 52.1 Å². The van der Waals surface area contributed by atoms with Gasteiger partial charge in [0.05, 0.1) is 12.7 Å². The number of nitrogens with zero attached hydrogens (tertiary/aromatic N) is 1. The van der Waals surface area contributed by atoms with Crippen molar-refractivity contribution in [1.82, 2.24) is 4.90 Å². The van der Waals surface area contributed by atoms with Crippen molar-refractivity contribution >= 4 is 33.3 Å². The van der Waals surface area contributed by atoms with Crippen LogP contribution in [0.4, 0.5) is 0 Å². The highest BCUT2D eigenvalue weighted by atomic mass is 16.5. The largest absolute Gasteiger partial charge is 0.492 e. The Morgan fingerprint density at radius 1 is 1.06 bits per heavy atom. The number of hydrogen-bond acceptors (Lipinski definition) is 5. The van der Waals surface area contributed by atoms with Crippen molar-refractivity contribution in [2.45, 2.75) is 57.3 Å². The SMILES string of the molecule is CN(CCOc1ccc2c(ccc3occ(C4CCC(=O)CC4=O)c32)c1)CC1CCCCC1. The van der Waals surface area contributed by atoms with Gasteiger partial charge in [0.25, 0.3) is 0 Å². The van der Waals surface area contributed by atoms with Crippen molar-refractivity contribution in [2.75, 3.05) is 26.7 Å². The van der Waals surface area contributed by atoms with Crippen LogP contribution in [-0.4, -0.2) is 43.2 Å². The molecule has 0 N–H and O–H groups in total. The number of furan rings is 1. The smallest absolute Gasteiger partial charge is 0.147 e. The van der Waals surface area contributed by atoms with E-state index < -0.39 is 0 Å². The number of Topliss-reactive ketones (excluding diaryl/α,β-unsaturated/α-hetero) is 2. The van der Waals surface area contributed by atoms with Gasteiger partial charge in [0, 0.05) is 36.4 Å². The summed E-state index contributed by atoms with van der Waals surface area (Å²) in [4.78, 5) is 26.6. The van der Waals surface area contributed by atoms with Crippen molar-refractivity contribution in [3.05, 3.63) is 42.2 Å². The summed E-state index contributed by atoms with van der Waals surface area (Å²) in [5.74, 6) is 1.48. The van der Waals surface area contributed by atoms with Crippen molar-refractivity contribution in [2.24, 2.45) is 5.92 Å². The van der Waals surface area contributed by atoms with Crippen LogP contribution in [0.2, 0.25) is 0 Å². The monoisotopic (exact) mass is 447 g/mol. The molecule has 1 heterocycles. The number of ether oxygens (including phenoxy) is 1. The van der Waals surface area contributed by atoms with Crippen molar-refractivity contribution in [1.29, 1.82) is 0 Å². The standard InChI is InChI=1S/C28H33NO4/c1-29(17-19-5-3-2-4-6-19)13-14-32-22-9-11-23-20(15-22)7-12-27-28(23)25(18-33-27)24-10-8-21(30)16-26(24)31/h7,9,11-12,15,18-19,24H,2-6,8,10,13-14,16-17H2,1H3. The molecule has 174 valence electrons. The molecule has 0 spiro atoms. The second kappa shape index (κ2) is 9.68. The summed E-state index contributed by atoms with van der Waals surface area (Å²) in [7, 11) is 2.19. The summed E-state index contributed by atoms with van der Waals surface area (Å²) in [5.41, 5.74) is 1.69. The summed E-state index contributed by atoms with van der Waals surface area (Å²) < 4.78 is 11.9. The van der Waals surface area contributed by atoms with Gasteiger partial charge in [-0.15, -0.1) is 0 Å². The molecule has 1 aromatic heterocycles. The van der Waals surface area contributed by atoms with E-state index in [1.807, 2.05) is 18.2 Å². The Bertz CT molecular complexity index is 1160. The maximum absolute atomic E-state index is 12.5. The molecule has 2 aliphatic carbocycles. The first-order valence-corrected chi connectivity index (χ1v) is 12.4. The van der Waals surface area contributed by atoms with E-state index in [4.69, 9.17) is 9.15 Å². The zero-order valence-electron chi connectivity index (χ0n) is 19.5. The van der Waals surface area contributed by atoms with E-state index in [-0.39, 0.29) is 23.9 Å². The zero-order chi connectivity index (χ0) is 22.8. The molecule has 5 rings (SSSR count). The molecule has 2 aliphatic rings. The normalized spacial score (nSPS) is 20.2. The van der Waals surface area contributed by atoms with Crippen LogP contribution in [-0.2, 0) is 9.59 Å². The Labute approximate surface area is 195 Å². The number of benzene rings is 2. The van der Waals surface area contributed by atoms with Gasteiger partial charge in [-0.1, -0.05) is 25.3 Å². The van der Waals surface area contributed by atoms with Gasteiger partial charge in [-0.3, -0.25) is 9.59 Å². The Balaban J connectivity index is 1.29. The molecular weight excluding hydrogens is 414 g/mol. The van der Waals surface area contributed by atoms with Gasteiger partial charge in [0.2, 0.25) is 0 Å². The summed E-state index contributed by atoms with van der Waals surface area (Å²) in [5, 5.41) is 3.11. The zero-order valence-corrected chi connectivity index (χ0v) is 19.5. The van der Waals surface area contributed by atoms with Gasteiger partial charge in [-0.25, -0.2) is 0 Å². The van der Waals surface area contributed by atoms with Crippen LogP contribution in [0.3, 0.4) is 0 Å². The van der Waals surface area contributed by atoms with E-state index in [1.54, 1.807) is 6.26 Å². The minimum absolute atomic E-state index is 0.00301. The lowest BCUT2D eigenvalue weighted by Crippen LogP contribution is -2.30. The van der Waals surface area contributed by atoms with Crippen LogP contribution >= 0.6 is 0 Å². The second-order valence-electron chi connectivity index (χ2n) is 9.90. The van der Waals surface area contributed by atoms with E-state index in [9.17, 15) is 9.59 Å². The molecule has 1 atom stereocenters. The molecule has 1 unspecified atom stereocenters. The highest BCUT2D eigenvalue weighted by Crippen LogP contribution is 2.39. The maximum Gasteiger partial charge on any atom is 0.147 e. The highest BCUT2D eigenvalue weighted by Gasteiger charge is 2.31. The third kappa shape index (κ3) is 4.84. The average Bonchev–Trinajstić information content (AvgIpc) is 3.24. The predicted molar refractivity (Wildman–Crippen MR) is 130 cm³/mol. The van der Waals surface area contributed by atoms with E-state index in [2.05, 4.69) is 24.1 Å². The van der Waals surface area contributed by atoms with Crippen LogP contribution in [0, 0.1) is 5.92 Å². The molecule has 2 saturated carbocycles. The third-order valence-corrected chi connectivity index (χ3v) is 7.44. The van der Waals surface area contributed by atoms with Crippen LogP contribution < -0.4 is 4.74 Å². The first-order valence-electron chi connectivity index (χ1n) is 12.4.